The Bertz CT molecular complexity index is 227. The van der Waals surface area contributed by atoms with Crippen molar-refractivity contribution in [3.63, 3.8) is 0 Å². The fourth-order valence-electron chi connectivity index (χ4n) is 1.22. The molecule has 0 saturated carbocycles. The van der Waals surface area contributed by atoms with Crippen LogP contribution in [0.2, 0.25) is 0 Å². The highest BCUT2D eigenvalue weighted by molar-refractivity contribution is 5.88. The largest absolute Gasteiger partial charge is 0.463 e. The third-order valence-corrected chi connectivity index (χ3v) is 2.10. The number of unbranched alkanes of at least 4 members (excludes halogenated alkanes) is 1. The molecule has 0 heterocycles. The van der Waals surface area contributed by atoms with E-state index in [1.807, 2.05) is 13.8 Å². The van der Waals surface area contributed by atoms with Crippen LogP contribution in [0.25, 0.3) is 0 Å². The summed E-state index contributed by atoms with van der Waals surface area (Å²) in [6.07, 6.45) is 2.35. The summed E-state index contributed by atoms with van der Waals surface area (Å²) in [5.41, 5.74) is 0.477. The summed E-state index contributed by atoms with van der Waals surface area (Å²) in [4.78, 5) is 11.2. The number of hydrogen-bond donors (Lipinski definition) is 1. The minimum atomic E-state index is -0.317. The Hall–Kier alpha value is -0.870. The van der Waals surface area contributed by atoms with E-state index in [4.69, 9.17) is 9.47 Å². The molecule has 4 nitrogen and oxygen atoms in total. The van der Waals surface area contributed by atoms with Crippen LogP contribution in [0, 0.1) is 0 Å². The molecule has 0 fully saturated rings. The van der Waals surface area contributed by atoms with Crippen molar-refractivity contribution in [2.24, 2.45) is 0 Å². The molecule has 0 aliphatic carbocycles. The van der Waals surface area contributed by atoms with Gasteiger partial charge in [0.25, 0.3) is 0 Å². The zero-order valence-electron chi connectivity index (χ0n) is 11.3. The van der Waals surface area contributed by atoms with Gasteiger partial charge in [0, 0.05) is 18.7 Å². The SMILES string of the molecule is C=C(CNCCCCOC(C)C)C(=O)OCC. The molecule has 100 valence electrons. The fourth-order valence-corrected chi connectivity index (χ4v) is 1.22. The van der Waals surface area contributed by atoms with Crippen LogP contribution in [0.3, 0.4) is 0 Å². The maximum absolute atomic E-state index is 11.2. The summed E-state index contributed by atoms with van der Waals surface area (Å²) in [5.74, 6) is -0.317. The van der Waals surface area contributed by atoms with Crippen LogP contribution in [0.4, 0.5) is 0 Å². The van der Waals surface area contributed by atoms with Crippen molar-refractivity contribution in [3.05, 3.63) is 12.2 Å². The highest BCUT2D eigenvalue weighted by Crippen LogP contribution is 1.95. The van der Waals surface area contributed by atoms with Gasteiger partial charge in [-0.15, -0.1) is 0 Å². The molecule has 0 aliphatic heterocycles. The maximum Gasteiger partial charge on any atom is 0.334 e. The lowest BCUT2D eigenvalue weighted by molar-refractivity contribution is -0.138. The van der Waals surface area contributed by atoms with Crippen LogP contribution in [-0.2, 0) is 14.3 Å². The minimum absolute atomic E-state index is 0.298. The van der Waals surface area contributed by atoms with Crippen LogP contribution < -0.4 is 5.32 Å². The second kappa shape index (κ2) is 10.3. The zero-order chi connectivity index (χ0) is 13.1. The van der Waals surface area contributed by atoms with Gasteiger partial charge < -0.3 is 14.8 Å². The Morgan fingerprint density at radius 2 is 2.06 bits per heavy atom. The topological polar surface area (TPSA) is 47.6 Å². The first-order chi connectivity index (χ1) is 8.07. The van der Waals surface area contributed by atoms with Gasteiger partial charge in [-0.05, 0) is 40.2 Å². The minimum Gasteiger partial charge on any atom is -0.463 e. The third-order valence-electron chi connectivity index (χ3n) is 2.10. The summed E-state index contributed by atoms with van der Waals surface area (Å²) in [5, 5.41) is 3.16. The van der Waals surface area contributed by atoms with Gasteiger partial charge in [0.15, 0.2) is 0 Å². The van der Waals surface area contributed by atoms with E-state index in [-0.39, 0.29) is 5.97 Å². The van der Waals surface area contributed by atoms with Crippen molar-refractivity contribution in [3.8, 4) is 0 Å². The van der Waals surface area contributed by atoms with Crippen molar-refractivity contribution in [2.45, 2.75) is 39.7 Å². The van der Waals surface area contributed by atoms with Crippen LogP contribution >= 0.6 is 0 Å². The van der Waals surface area contributed by atoms with Gasteiger partial charge in [-0.2, -0.15) is 0 Å². The van der Waals surface area contributed by atoms with Crippen molar-refractivity contribution in [1.82, 2.24) is 5.32 Å². The van der Waals surface area contributed by atoms with Crippen LogP contribution in [0.15, 0.2) is 12.2 Å². The average Bonchev–Trinajstić information content (AvgIpc) is 2.27. The lowest BCUT2D eigenvalue weighted by Gasteiger charge is -2.08. The Labute approximate surface area is 104 Å². The second-order valence-electron chi connectivity index (χ2n) is 4.13. The molecule has 17 heavy (non-hydrogen) atoms. The molecule has 0 aliphatic rings. The number of ether oxygens (including phenoxy) is 2. The smallest absolute Gasteiger partial charge is 0.334 e. The Morgan fingerprint density at radius 3 is 2.65 bits per heavy atom. The molecule has 0 unspecified atom stereocenters. The van der Waals surface area contributed by atoms with Crippen molar-refractivity contribution in [1.29, 1.82) is 0 Å². The molecule has 0 radical (unpaired) electrons. The summed E-state index contributed by atoms with van der Waals surface area (Å²) < 4.78 is 10.2. The molecule has 0 spiro atoms. The molecule has 0 atom stereocenters. The second-order valence-corrected chi connectivity index (χ2v) is 4.13. The number of hydrogen-bond acceptors (Lipinski definition) is 4. The standard InChI is InChI=1S/C13H25NO3/c1-5-16-13(15)12(4)10-14-8-6-7-9-17-11(2)3/h11,14H,4-10H2,1-3H3. The number of nitrogens with one attached hydrogen (secondary N) is 1. The molecule has 1 N–H and O–H groups in total. The van der Waals surface area contributed by atoms with E-state index in [0.717, 1.165) is 26.0 Å². The molecule has 0 aromatic rings. The van der Waals surface area contributed by atoms with Gasteiger partial charge in [-0.1, -0.05) is 6.58 Å². The predicted molar refractivity (Wildman–Crippen MR) is 69.0 cm³/mol. The van der Waals surface area contributed by atoms with Gasteiger partial charge in [-0.25, -0.2) is 4.79 Å². The predicted octanol–water partition coefficient (Wildman–Crippen LogP) is 1.90. The molecule has 0 amide bonds. The van der Waals surface area contributed by atoms with Crippen LogP contribution in [0.5, 0.6) is 0 Å². The lowest BCUT2D eigenvalue weighted by Crippen LogP contribution is -2.23. The average molecular weight is 243 g/mol. The Balaban J connectivity index is 3.33. The van der Waals surface area contributed by atoms with E-state index in [2.05, 4.69) is 11.9 Å². The highest BCUT2D eigenvalue weighted by atomic mass is 16.5. The van der Waals surface area contributed by atoms with Gasteiger partial charge >= 0.3 is 5.97 Å². The molecular formula is C13H25NO3. The van der Waals surface area contributed by atoms with E-state index in [0.29, 0.717) is 24.8 Å². The normalized spacial score (nSPS) is 10.6. The molecule has 0 saturated heterocycles. The molecular weight excluding hydrogens is 218 g/mol. The lowest BCUT2D eigenvalue weighted by atomic mass is 10.3. The van der Waals surface area contributed by atoms with Gasteiger partial charge in [0.1, 0.15) is 0 Å². The highest BCUT2D eigenvalue weighted by Gasteiger charge is 2.06. The Kier molecular flexibility index (Phi) is 9.77. The first kappa shape index (κ1) is 16.1. The van der Waals surface area contributed by atoms with E-state index in [9.17, 15) is 4.79 Å². The Morgan fingerprint density at radius 1 is 1.35 bits per heavy atom. The summed E-state index contributed by atoms with van der Waals surface area (Å²) in [6, 6.07) is 0. The van der Waals surface area contributed by atoms with Crippen molar-refractivity contribution < 1.29 is 14.3 Å². The van der Waals surface area contributed by atoms with E-state index in [1.165, 1.54) is 0 Å². The quantitative estimate of drug-likeness (QED) is 0.362. The third kappa shape index (κ3) is 10.0. The van der Waals surface area contributed by atoms with Crippen LogP contribution in [0.1, 0.15) is 33.6 Å². The molecule has 0 aromatic heterocycles. The monoisotopic (exact) mass is 243 g/mol. The van der Waals surface area contributed by atoms with E-state index < -0.39 is 0 Å². The van der Waals surface area contributed by atoms with Gasteiger partial charge in [0.2, 0.25) is 0 Å². The molecule has 0 aromatic carbocycles. The van der Waals surface area contributed by atoms with Gasteiger partial charge in [0.05, 0.1) is 12.7 Å². The molecule has 4 heteroatoms. The first-order valence-electron chi connectivity index (χ1n) is 6.25. The number of esters is 1. The van der Waals surface area contributed by atoms with Crippen molar-refractivity contribution >= 4 is 5.97 Å². The zero-order valence-corrected chi connectivity index (χ0v) is 11.3. The number of carbonyl (C=O) groups is 1. The number of carbonyl (C=O) groups excluding carboxylic acids is 1. The molecule has 0 rings (SSSR count). The van der Waals surface area contributed by atoms with Crippen LogP contribution in [-0.4, -0.2) is 38.4 Å². The summed E-state index contributed by atoms with van der Waals surface area (Å²) >= 11 is 0. The maximum atomic E-state index is 11.2. The van der Waals surface area contributed by atoms with E-state index >= 15 is 0 Å². The fraction of sp³-hybridized carbons (Fsp3) is 0.769. The first-order valence-corrected chi connectivity index (χ1v) is 6.25. The number of rotatable bonds is 10. The summed E-state index contributed by atoms with van der Waals surface area (Å²) in [6.45, 7) is 12.0. The molecule has 0 bridgehead atoms. The van der Waals surface area contributed by atoms with E-state index in [1.54, 1.807) is 6.92 Å². The summed E-state index contributed by atoms with van der Waals surface area (Å²) in [7, 11) is 0. The van der Waals surface area contributed by atoms with Gasteiger partial charge in [-0.3, -0.25) is 0 Å². The van der Waals surface area contributed by atoms with Crippen molar-refractivity contribution in [2.75, 3.05) is 26.3 Å².